The molecule has 0 fully saturated rings. The molecule has 3 aromatic rings. The summed E-state index contributed by atoms with van der Waals surface area (Å²) < 4.78 is 1.71. The Balaban J connectivity index is 1.78. The van der Waals surface area contributed by atoms with Crippen molar-refractivity contribution in [2.24, 2.45) is 0 Å². The summed E-state index contributed by atoms with van der Waals surface area (Å²) in [5.74, 6) is -0.0420. The Morgan fingerprint density at radius 2 is 1.96 bits per heavy atom. The van der Waals surface area contributed by atoms with E-state index in [0.717, 1.165) is 11.3 Å². The van der Waals surface area contributed by atoms with Gasteiger partial charge in [-0.3, -0.25) is 4.79 Å². The fraction of sp³-hybridized carbons (Fsp3) is 0.158. The molecule has 1 aromatic heterocycles. The van der Waals surface area contributed by atoms with E-state index in [4.69, 9.17) is 11.6 Å². The fourth-order valence-corrected chi connectivity index (χ4v) is 2.73. The molecule has 1 heterocycles. The van der Waals surface area contributed by atoms with Gasteiger partial charge in [0.15, 0.2) is 0 Å². The van der Waals surface area contributed by atoms with Gasteiger partial charge in [0.2, 0.25) is 0 Å². The SMILES string of the molecule is CCN(Cc1cccc(Cl)c1)C(=O)c1cnn(-c2ccccc2)c1. The Kier molecular flexibility index (Phi) is 4.96. The number of carbonyl (C=O) groups excluding carboxylic acids is 1. The molecule has 122 valence electrons. The molecule has 0 saturated carbocycles. The lowest BCUT2D eigenvalue weighted by molar-refractivity contribution is 0.0752. The van der Waals surface area contributed by atoms with E-state index in [0.29, 0.717) is 23.7 Å². The molecule has 24 heavy (non-hydrogen) atoms. The van der Waals surface area contributed by atoms with E-state index in [9.17, 15) is 4.79 Å². The van der Waals surface area contributed by atoms with Crippen molar-refractivity contribution >= 4 is 17.5 Å². The van der Waals surface area contributed by atoms with E-state index in [1.807, 2.05) is 61.5 Å². The van der Waals surface area contributed by atoms with Gasteiger partial charge in [0, 0.05) is 24.3 Å². The van der Waals surface area contributed by atoms with Gasteiger partial charge in [0.05, 0.1) is 17.4 Å². The van der Waals surface area contributed by atoms with Crippen LogP contribution in [0.2, 0.25) is 5.02 Å². The van der Waals surface area contributed by atoms with E-state index < -0.39 is 0 Å². The lowest BCUT2D eigenvalue weighted by Crippen LogP contribution is -2.30. The van der Waals surface area contributed by atoms with Crippen molar-refractivity contribution in [1.82, 2.24) is 14.7 Å². The maximum Gasteiger partial charge on any atom is 0.257 e. The highest BCUT2D eigenvalue weighted by atomic mass is 35.5. The van der Waals surface area contributed by atoms with Gasteiger partial charge in [0.25, 0.3) is 5.91 Å². The number of carbonyl (C=O) groups is 1. The summed E-state index contributed by atoms with van der Waals surface area (Å²) in [6, 6.07) is 17.3. The van der Waals surface area contributed by atoms with Gasteiger partial charge in [-0.2, -0.15) is 5.10 Å². The summed E-state index contributed by atoms with van der Waals surface area (Å²) >= 11 is 6.02. The third-order valence-electron chi connectivity index (χ3n) is 3.78. The molecule has 0 N–H and O–H groups in total. The zero-order chi connectivity index (χ0) is 16.9. The minimum atomic E-state index is -0.0420. The summed E-state index contributed by atoms with van der Waals surface area (Å²) in [6.07, 6.45) is 3.37. The maximum absolute atomic E-state index is 12.7. The van der Waals surface area contributed by atoms with Crippen molar-refractivity contribution in [1.29, 1.82) is 0 Å². The van der Waals surface area contributed by atoms with Crippen molar-refractivity contribution in [3.05, 3.63) is 83.1 Å². The second-order valence-corrected chi connectivity index (χ2v) is 5.89. The number of hydrogen-bond acceptors (Lipinski definition) is 2. The third-order valence-corrected chi connectivity index (χ3v) is 4.02. The lowest BCUT2D eigenvalue weighted by atomic mass is 10.2. The quantitative estimate of drug-likeness (QED) is 0.699. The molecule has 0 unspecified atom stereocenters. The molecular formula is C19H18ClN3O. The van der Waals surface area contributed by atoms with Crippen molar-refractivity contribution in [2.45, 2.75) is 13.5 Å². The molecule has 0 saturated heterocycles. The molecule has 5 heteroatoms. The first kappa shape index (κ1) is 16.3. The van der Waals surface area contributed by atoms with Crippen molar-refractivity contribution in [2.75, 3.05) is 6.54 Å². The summed E-state index contributed by atoms with van der Waals surface area (Å²) in [6.45, 7) is 3.10. The van der Waals surface area contributed by atoms with Crippen LogP contribution in [0.3, 0.4) is 0 Å². The van der Waals surface area contributed by atoms with Crippen LogP contribution in [0.25, 0.3) is 5.69 Å². The van der Waals surface area contributed by atoms with Crippen LogP contribution in [-0.4, -0.2) is 27.1 Å². The first-order chi connectivity index (χ1) is 11.7. The van der Waals surface area contributed by atoms with Gasteiger partial charge in [-0.05, 0) is 36.8 Å². The molecule has 0 spiro atoms. The normalized spacial score (nSPS) is 10.6. The van der Waals surface area contributed by atoms with Crippen LogP contribution in [0.5, 0.6) is 0 Å². The van der Waals surface area contributed by atoms with Gasteiger partial charge < -0.3 is 4.90 Å². The van der Waals surface area contributed by atoms with E-state index in [1.165, 1.54) is 0 Å². The van der Waals surface area contributed by atoms with Gasteiger partial charge in [0.1, 0.15) is 0 Å². The minimum absolute atomic E-state index is 0.0420. The summed E-state index contributed by atoms with van der Waals surface area (Å²) in [7, 11) is 0. The van der Waals surface area contributed by atoms with Crippen LogP contribution in [0.1, 0.15) is 22.8 Å². The Hall–Kier alpha value is -2.59. The predicted molar refractivity (Wildman–Crippen MR) is 95.4 cm³/mol. The molecule has 0 radical (unpaired) electrons. The van der Waals surface area contributed by atoms with Crippen LogP contribution in [0.15, 0.2) is 67.0 Å². The zero-order valence-corrected chi connectivity index (χ0v) is 14.1. The van der Waals surface area contributed by atoms with Crippen molar-refractivity contribution < 1.29 is 4.79 Å². The Bertz CT molecular complexity index is 829. The van der Waals surface area contributed by atoms with Gasteiger partial charge in [-0.1, -0.05) is 41.9 Å². The Morgan fingerprint density at radius 1 is 1.17 bits per heavy atom. The summed E-state index contributed by atoms with van der Waals surface area (Å²) in [4.78, 5) is 14.5. The van der Waals surface area contributed by atoms with Crippen LogP contribution >= 0.6 is 11.6 Å². The van der Waals surface area contributed by atoms with Crippen LogP contribution in [0.4, 0.5) is 0 Å². The molecule has 0 bridgehead atoms. The number of para-hydroxylation sites is 1. The Labute approximate surface area is 146 Å². The van der Waals surface area contributed by atoms with Gasteiger partial charge in [-0.15, -0.1) is 0 Å². The van der Waals surface area contributed by atoms with Crippen LogP contribution < -0.4 is 0 Å². The fourth-order valence-electron chi connectivity index (χ4n) is 2.52. The van der Waals surface area contributed by atoms with E-state index >= 15 is 0 Å². The van der Waals surface area contributed by atoms with E-state index in [-0.39, 0.29) is 5.91 Å². The number of amides is 1. The number of benzene rings is 2. The van der Waals surface area contributed by atoms with Crippen molar-refractivity contribution in [3.8, 4) is 5.69 Å². The first-order valence-electron chi connectivity index (χ1n) is 7.81. The standard InChI is InChI=1S/C19H18ClN3O/c1-2-22(13-15-7-6-8-17(20)11-15)19(24)16-12-21-23(14-16)18-9-4-3-5-10-18/h3-12,14H,2,13H2,1H3. The molecule has 0 aliphatic rings. The first-order valence-corrected chi connectivity index (χ1v) is 8.19. The van der Waals surface area contributed by atoms with E-state index in [2.05, 4.69) is 5.10 Å². The summed E-state index contributed by atoms with van der Waals surface area (Å²) in [5.41, 5.74) is 2.50. The third kappa shape index (κ3) is 3.66. The molecule has 3 rings (SSSR count). The number of hydrogen-bond donors (Lipinski definition) is 0. The topological polar surface area (TPSA) is 38.1 Å². The number of nitrogens with zero attached hydrogens (tertiary/aromatic N) is 3. The Morgan fingerprint density at radius 3 is 2.67 bits per heavy atom. The zero-order valence-electron chi connectivity index (χ0n) is 13.4. The number of halogens is 1. The maximum atomic E-state index is 12.7. The predicted octanol–water partition coefficient (Wildman–Crippen LogP) is 4.19. The highest BCUT2D eigenvalue weighted by Gasteiger charge is 2.17. The minimum Gasteiger partial charge on any atom is -0.335 e. The second-order valence-electron chi connectivity index (χ2n) is 5.46. The van der Waals surface area contributed by atoms with E-state index in [1.54, 1.807) is 22.0 Å². The van der Waals surface area contributed by atoms with Crippen LogP contribution in [-0.2, 0) is 6.54 Å². The highest BCUT2D eigenvalue weighted by Crippen LogP contribution is 2.15. The van der Waals surface area contributed by atoms with Crippen molar-refractivity contribution in [3.63, 3.8) is 0 Å². The molecule has 0 aliphatic heterocycles. The molecule has 0 atom stereocenters. The molecule has 0 aliphatic carbocycles. The lowest BCUT2D eigenvalue weighted by Gasteiger charge is -2.20. The van der Waals surface area contributed by atoms with Gasteiger partial charge in [-0.25, -0.2) is 4.68 Å². The highest BCUT2D eigenvalue weighted by molar-refractivity contribution is 6.30. The smallest absolute Gasteiger partial charge is 0.257 e. The summed E-state index contributed by atoms with van der Waals surface area (Å²) in [5, 5.41) is 4.97. The monoisotopic (exact) mass is 339 g/mol. The number of rotatable bonds is 5. The van der Waals surface area contributed by atoms with Gasteiger partial charge >= 0.3 is 0 Å². The second kappa shape index (κ2) is 7.32. The molecular weight excluding hydrogens is 322 g/mol. The molecule has 2 aromatic carbocycles. The average Bonchev–Trinajstić information content (AvgIpc) is 3.10. The average molecular weight is 340 g/mol. The van der Waals surface area contributed by atoms with Crippen LogP contribution in [0, 0.1) is 0 Å². The largest absolute Gasteiger partial charge is 0.335 e. The molecule has 4 nitrogen and oxygen atoms in total. The number of aromatic nitrogens is 2. The molecule has 1 amide bonds.